The summed E-state index contributed by atoms with van der Waals surface area (Å²) in [7, 11) is 1.51. The maximum atomic E-state index is 12.6. The number of rotatable bonds is 6. The number of methoxy groups -OCH3 is 1. The van der Waals surface area contributed by atoms with E-state index < -0.39 is 0 Å². The average molecular weight is 374 g/mol. The number of ether oxygens (including phenoxy) is 2. The number of H-pyrrole nitrogens is 1. The highest BCUT2D eigenvalue weighted by Gasteiger charge is 2.17. The zero-order valence-electron chi connectivity index (χ0n) is 14.8. The van der Waals surface area contributed by atoms with Crippen LogP contribution in [0.1, 0.15) is 24.2 Å². The number of hydrogen-bond acceptors (Lipinski definition) is 4. The van der Waals surface area contributed by atoms with Crippen LogP contribution in [0.25, 0.3) is 11.0 Å². The highest BCUT2D eigenvalue weighted by atomic mass is 35.5. The van der Waals surface area contributed by atoms with Crippen molar-refractivity contribution in [2.24, 2.45) is 5.92 Å². The molecule has 0 fully saturated rings. The second-order valence-corrected chi connectivity index (χ2v) is 6.66. The van der Waals surface area contributed by atoms with Crippen LogP contribution in [-0.4, -0.2) is 29.6 Å². The van der Waals surface area contributed by atoms with E-state index in [2.05, 4.69) is 15.3 Å². The van der Waals surface area contributed by atoms with Gasteiger partial charge in [-0.1, -0.05) is 37.6 Å². The van der Waals surface area contributed by atoms with E-state index in [0.717, 1.165) is 11.0 Å². The number of carbonyl (C=O) groups excluding carboxylic acids is 1. The summed E-state index contributed by atoms with van der Waals surface area (Å²) in [4.78, 5) is 19.9. The standard InChI is InChI=1S/C19H20ClN3O3/c1-11(2)10-26-17-13(20)8-12(9-16(17)25-3)18(24)23-19-21-14-6-4-5-7-15(14)22-19/h4-9,11H,10H2,1-3H3,(H2,21,22,23,24). The Balaban J connectivity index is 1.83. The molecule has 1 amide bonds. The Labute approximate surface area is 156 Å². The molecule has 0 bridgehead atoms. The smallest absolute Gasteiger partial charge is 0.258 e. The van der Waals surface area contributed by atoms with E-state index in [1.54, 1.807) is 12.1 Å². The fraction of sp³-hybridized carbons (Fsp3) is 0.263. The predicted octanol–water partition coefficient (Wildman–Crippen LogP) is 4.51. The third-order valence-corrected chi connectivity index (χ3v) is 3.95. The van der Waals surface area contributed by atoms with Crippen LogP contribution in [0.2, 0.25) is 5.02 Å². The van der Waals surface area contributed by atoms with Crippen molar-refractivity contribution in [1.82, 2.24) is 9.97 Å². The molecule has 0 aliphatic heterocycles. The summed E-state index contributed by atoms with van der Waals surface area (Å²) in [5.41, 5.74) is 1.97. The number of imidazole rings is 1. The van der Waals surface area contributed by atoms with Gasteiger partial charge >= 0.3 is 0 Å². The predicted molar refractivity (Wildman–Crippen MR) is 102 cm³/mol. The van der Waals surface area contributed by atoms with Gasteiger partial charge < -0.3 is 14.5 Å². The fourth-order valence-electron chi connectivity index (χ4n) is 2.43. The summed E-state index contributed by atoms with van der Waals surface area (Å²) in [5.74, 6) is 1.20. The largest absolute Gasteiger partial charge is 0.493 e. The van der Waals surface area contributed by atoms with Gasteiger partial charge in [-0.2, -0.15) is 0 Å². The van der Waals surface area contributed by atoms with Crippen LogP contribution in [-0.2, 0) is 0 Å². The number of para-hydroxylation sites is 2. The molecule has 0 radical (unpaired) electrons. The van der Waals surface area contributed by atoms with Crippen molar-refractivity contribution in [3.8, 4) is 11.5 Å². The molecule has 0 spiro atoms. The lowest BCUT2D eigenvalue weighted by Gasteiger charge is -2.15. The number of anilines is 1. The number of halogens is 1. The molecule has 7 heteroatoms. The van der Waals surface area contributed by atoms with Crippen LogP contribution in [0.5, 0.6) is 11.5 Å². The minimum Gasteiger partial charge on any atom is -0.493 e. The minimum atomic E-state index is -0.348. The van der Waals surface area contributed by atoms with Gasteiger partial charge in [0.25, 0.3) is 5.91 Å². The van der Waals surface area contributed by atoms with Crippen LogP contribution >= 0.6 is 11.6 Å². The third kappa shape index (κ3) is 3.91. The SMILES string of the molecule is COc1cc(C(=O)Nc2nc3ccccc3[nH]2)cc(Cl)c1OCC(C)C. The van der Waals surface area contributed by atoms with Gasteiger partial charge in [-0.3, -0.25) is 10.1 Å². The lowest BCUT2D eigenvalue weighted by Crippen LogP contribution is -2.14. The van der Waals surface area contributed by atoms with E-state index in [-0.39, 0.29) is 5.91 Å². The first-order valence-corrected chi connectivity index (χ1v) is 8.62. The van der Waals surface area contributed by atoms with E-state index in [1.165, 1.54) is 7.11 Å². The molecule has 0 atom stereocenters. The number of hydrogen-bond donors (Lipinski definition) is 2. The van der Waals surface area contributed by atoms with Crippen molar-refractivity contribution in [3.05, 3.63) is 47.0 Å². The van der Waals surface area contributed by atoms with Crippen molar-refractivity contribution in [3.63, 3.8) is 0 Å². The summed E-state index contributed by atoms with van der Waals surface area (Å²) in [6, 6.07) is 10.7. The Morgan fingerprint density at radius 2 is 2.08 bits per heavy atom. The van der Waals surface area contributed by atoms with Crippen molar-refractivity contribution in [2.45, 2.75) is 13.8 Å². The van der Waals surface area contributed by atoms with E-state index in [4.69, 9.17) is 21.1 Å². The van der Waals surface area contributed by atoms with Gasteiger partial charge in [0, 0.05) is 5.56 Å². The minimum absolute atomic E-state index is 0.319. The molecule has 0 aliphatic carbocycles. The number of fused-ring (bicyclic) bond motifs is 1. The molecular weight excluding hydrogens is 354 g/mol. The lowest BCUT2D eigenvalue weighted by molar-refractivity contribution is 0.102. The zero-order chi connectivity index (χ0) is 18.7. The van der Waals surface area contributed by atoms with Crippen molar-refractivity contribution >= 4 is 34.5 Å². The van der Waals surface area contributed by atoms with Crippen LogP contribution in [0, 0.1) is 5.92 Å². The molecule has 136 valence electrons. The van der Waals surface area contributed by atoms with E-state index in [1.807, 2.05) is 38.1 Å². The van der Waals surface area contributed by atoms with Crippen LogP contribution in [0.15, 0.2) is 36.4 Å². The Morgan fingerprint density at radius 3 is 2.77 bits per heavy atom. The van der Waals surface area contributed by atoms with Gasteiger partial charge in [0.15, 0.2) is 11.5 Å². The Morgan fingerprint density at radius 1 is 1.31 bits per heavy atom. The Bertz CT molecular complexity index is 904. The highest BCUT2D eigenvalue weighted by Crippen LogP contribution is 2.36. The number of nitrogens with zero attached hydrogens (tertiary/aromatic N) is 1. The summed E-state index contributed by atoms with van der Waals surface area (Å²) in [6.07, 6.45) is 0. The zero-order valence-corrected chi connectivity index (χ0v) is 15.6. The Hall–Kier alpha value is -2.73. The van der Waals surface area contributed by atoms with E-state index in [0.29, 0.717) is 40.6 Å². The maximum absolute atomic E-state index is 12.6. The summed E-state index contributed by atoms with van der Waals surface area (Å²) in [5, 5.41) is 3.05. The first kappa shape index (κ1) is 18.1. The molecule has 0 saturated heterocycles. The summed E-state index contributed by atoms with van der Waals surface area (Å²) < 4.78 is 11.0. The first-order chi connectivity index (χ1) is 12.5. The van der Waals surface area contributed by atoms with Gasteiger partial charge in [0.1, 0.15) is 0 Å². The molecule has 26 heavy (non-hydrogen) atoms. The van der Waals surface area contributed by atoms with E-state index in [9.17, 15) is 4.79 Å². The number of benzene rings is 2. The van der Waals surface area contributed by atoms with E-state index >= 15 is 0 Å². The molecule has 2 N–H and O–H groups in total. The van der Waals surface area contributed by atoms with Gasteiger partial charge in [-0.05, 0) is 30.2 Å². The summed E-state index contributed by atoms with van der Waals surface area (Å²) in [6.45, 7) is 4.58. The Kier molecular flexibility index (Phi) is 5.32. The van der Waals surface area contributed by atoms with Gasteiger partial charge in [-0.15, -0.1) is 0 Å². The molecule has 1 aromatic heterocycles. The third-order valence-electron chi connectivity index (χ3n) is 3.67. The molecule has 6 nitrogen and oxygen atoms in total. The number of carbonyl (C=O) groups is 1. The molecule has 1 heterocycles. The molecule has 2 aromatic carbocycles. The first-order valence-electron chi connectivity index (χ1n) is 8.24. The second-order valence-electron chi connectivity index (χ2n) is 6.25. The highest BCUT2D eigenvalue weighted by molar-refractivity contribution is 6.32. The van der Waals surface area contributed by atoms with Gasteiger partial charge in [0.2, 0.25) is 5.95 Å². The second kappa shape index (κ2) is 7.66. The lowest BCUT2D eigenvalue weighted by atomic mass is 10.2. The topological polar surface area (TPSA) is 76.2 Å². The molecule has 3 rings (SSSR count). The van der Waals surface area contributed by atoms with Crippen molar-refractivity contribution in [2.75, 3.05) is 19.0 Å². The molecule has 3 aromatic rings. The molecule has 0 unspecified atom stereocenters. The normalized spacial score (nSPS) is 11.0. The van der Waals surface area contributed by atoms with Crippen molar-refractivity contribution in [1.29, 1.82) is 0 Å². The number of nitrogens with one attached hydrogen (secondary N) is 2. The van der Waals surface area contributed by atoms with Gasteiger partial charge in [0.05, 0.1) is 29.8 Å². The van der Waals surface area contributed by atoms with Crippen LogP contribution in [0.3, 0.4) is 0 Å². The number of amides is 1. The van der Waals surface area contributed by atoms with Crippen LogP contribution in [0.4, 0.5) is 5.95 Å². The van der Waals surface area contributed by atoms with Gasteiger partial charge in [-0.25, -0.2) is 4.98 Å². The van der Waals surface area contributed by atoms with Crippen LogP contribution < -0.4 is 14.8 Å². The quantitative estimate of drug-likeness (QED) is 0.666. The van der Waals surface area contributed by atoms with Crippen molar-refractivity contribution < 1.29 is 14.3 Å². The fourth-order valence-corrected chi connectivity index (χ4v) is 2.70. The number of aromatic nitrogens is 2. The molecular formula is C19H20ClN3O3. The number of aromatic amines is 1. The monoisotopic (exact) mass is 373 g/mol. The molecule has 0 aliphatic rings. The maximum Gasteiger partial charge on any atom is 0.258 e. The summed E-state index contributed by atoms with van der Waals surface area (Å²) >= 11 is 6.30. The molecule has 0 saturated carbocycles. The average Bonchev–Trinajstić information content (AvgIpc) is 3.01.